The quantitative estimate of drug-likeness (QED) is 0.454. The second kappa shape index (κ2) is 7.40. The van der Waals surface area contributed by atoms with E-state index in [1.165, 1.54) is 12.1 Å². The summed E-state index contributed by atoms with van der Waals surface area (Å²) in [7, 11) is -3.73. The van der Waals surface area contributed by atoms with E-state index in [-0.39, 0.29) is 21.5 Å². The number of sulfonamides is 1. The molecule has 1 aromatic rings. The number of nitrogens with one attached hydrogen (secondary N) is 1. The topological polar surface area (TPSA) is 72.2 Å². The third-order valence-corrected chi connectivity index (χ3v) is 5.41. The van der Waals surface area contributed by atoms with E-state index < -0.39 is 10.0 Å². The summed E-state index contributed by atoms with van der Waals surface area (Å²) in [5.74, 6) is 1.40. The Morgan fingerprint density at radius 2 is 1.95 bits per heavy atom. The van der Waals surface area contributed by atoms with Crippen molar-refractivity contribution in [2.45, 2.75) is 4.90 Å². The molecule has 0 aliphatic heterocycles. The van der Waals surface area contributed by atoms with E-state index in [0.717, 1.165) is 5.75 Å². The zero-order valence-corrected chi connectivity index (χ0v) is 13.2. The van der Waals surface area contributed by atoms with Gasteiger partial charge in [0.2, 0.25) is 10.0 Å². The Kier molecular flexibility index (Phi) is 6.49. The van der Waals surface area contributed by atoms with Crippen molar-refractivity contribution in [3.8, 4) is 0 Å². The second-order valence-corrected chi connectivity index (χ2v) is 7.24. The minimum absolute atomic E-state index is 0.0104. The summed E-state index contributed by atoms with van der Waals surface area (Å²) in [6.07, 6.45) is 1.76. The van der Waals surface area contributed by atoms with Crippen LogP contribution in [0.1, 0.15) is 0 Å². The van der Waals surface area contributed by atoms with Crippen LogP contribution in [0.3, 0.4) is 0 Å². The molecule has 0 saturated heterocycles. The summed E-state index contributed by atoms with van der Waals surface area (Å²) in [4.78, 5) is -0.140. The predicted octanol–water partition coefficient (Wildman–Crippen LogP) is 2.77. The van der Waals surface area contributed by atoms with Crippen LogP contribution >= 0.6 is 35.0 Å². The first-order chi connectivity index (χ1) is 8.88. The van der Waals surface area contributed by atoms with Gasteiger partial charge in [0.15, 0.2) is 0 Å². The molecule has 1 rings (SSSR count). The van der Waals surface area contributed by atoms with Crippen molar-refractivity contribution in [3.05, 3.63) is 34.8 Å². The van der Waals surface area contributed by atoms with E-state index in [0.29, 0.717) is 11.4 Å². The molecule has 0 atom stereocenters. The van der Waals surface area contributed by atoms with E-state index >= 15 is 0 Å². The van der Waals surface area contributed by atoms with Crippen molar-refractivity contribution in [2.24, 2.45) is 0 Å². The summed E-state index contributed by atoms with van der Waals surface area (Å²) in [5, 5.41) is 0.0208. The van der Waals surface area contributed by atoms with Crippen LogP contribution in [0.15, 0.2) is 29.7 Å². The van der Waals surface area contributed by atoms with Gasteiger partial charge in [0.1, 0.15) is 4.90 Å². The lowest BCUT2D eigenvalue weighted by molar-refractivity contribution is 0.584. The standard InChI is InChI=1S/C11H14Cl2N2O2S2/c1-2-4-18-5-3-15-19(16,17)11-9(12)6-8(14)7-10(11)13/h2,6-7,15H,1,3-5,14H2. The van der Waals surface area contributed by atoms with Crippen LogP contribution in [0.5, 0.6) is 0 Å². The molecule has 0 unspecified atom stereocenters. The highest BCUT2D eigenvalue weighted by Crippen LogP contribution is 2.31. The molecule has 4 nitrogen and oxygen atoms in total. The Balaban J connectivity index is 2.80. The number of rotatable bonds is 7. The molecule has 0 aliphatic carbocycles. The second-order valence-electron chi connectivity index (χ2n) is 3.58. The van der Waals surface area contributed by atoms with E-state index in [2.05, 4.69) is 11.3 Å². The highest BCUT2D eigenvalue weighted by atomic mass is 35.5. The average molecular weight is 341 g/mol. The highest BCUT2D eigenvalue weighted by Gasteiger charge is 2.21. The Hall–Kier alpha value is -0.400. The minimum Gasteiger partial charge on any atom is -0.399 e. The van der Waals surface area contributed by atoms with Gasteiger partial charge in [0.05, 0.1) is 10.0 Å². The van der Waals surface area contributed by atoms with Gasteiger partial charge in [-0.25, -0.2) is 13.1 Å². The molecule has 1 aromatic carbocycles. The summed E-state index contributed by atoms with van der Waals surface area (Å²) < 4.78 is 26.6. The zero-order valence-electron chi connectivity index (χ0n) is 10.0. The number of nitrogen functional groups attached to an aromatic ring is 1. The number of benzene rings is 1. The molecule has 0 aliphatic rings. The van der Waals surface area contributed by atoms with Gasteiger partial charge in [0.25, 0.3) is 0 Å². The number of hydrogen-bond donors (Lipinski definition) is 2. The molecule has 0 amide bonds. The van der Waals surface area contributed by atoms with Crippen LogP contribution in [0.4, 0.5) is 5.69 Å². The van der Waals surface area contributed by atoms with Gasteiger partial charge in [0, 0.05) is 23.7 Å². The number of hydrogen-bond acceptors (Lipinski definition) is 4. The Bertz CT molecular complexity index is 539. The monoisotopic (exact) mass is 340 g/mol. The molecule has 0 saturated carbocycles. The SMILES string of the molecule is C=CCSCCNS(=O)(=O)c1c(Cl)cc(N)cc1Cl. The van der Waals surface area contributed by atoms with Gasteiger partial charge >= 0.3 is 0 Å². The first kappa shape index (κ1) is 16.7. The van der Waals surface area contributed by atoms with E-state index in [1.807, 2.05) is 0 Å². The smallest absolute Gasteiger partial charge is 0.243 e. The van der Waals surface area contributed by atoms with Crippen molar-refractivity contribution in [3.63, 3.8) is 0 Å². The van der Waals surface area contributed by atoms with Crippen molar-refractivity contribution in [2.75, 3.05) is 23.8 Å². The molecule has 0 fully saturated rings. The van der Waals surface area contributed by atoms with Crippen molar-refractivity contribution in [1.82, 2.24) is 4.72 Å². The van der Waals surface area contributed by atoms with Gasteiger partial charge in [-0.05, 0) is 12.1 Å². The molecule has 8 heteroatoms. The molecule has 106 valence electrons. The zero-order chi connectivity index (χ0) is 14.5. The predicted molar refractivity (Wildman–Crippen MR) is 83.6 cm³/mol. The number of anilines is 1. The van der Waals surface area contributed by atoms with Crippen LogP contribution in [0.25, 0.3) is 0 Å². The molecule has 0 bridgehead atoms. The normalized spacial score (nSPS) is 11.5. The first-order valence-corrected chi connectivity index (χ1v) is 8.70. The molecule has 0 aromatic heterocycles. The lowest BCUT2D eigenvalue weighted by atomic mass is 10.3. The number of halogens is 2. The van der Waals surface area contributed by atoms with E-state index in [4.69, 9.17) is 28.9 Å². The third-order valence-electron chi connectivity index (χ3n) is 2.06. The fraction of sp³-hybridized carbons (Fsp3) is 0.273. The van der Waals surface area contributed by atoms with Gasteiger partial charge < -0.3 is 5.73 Å². The lowest BCUT2D eigenvalue weighted by Gasteiger charge is -2.10. The van der Waals surface area contributed by atoms with Crippen LogP contribution < -0.4 is 10.5 Å². The van der Waals surface area contributed by atoms with Crippen LogP contribution in [0, 0.1) is 0 Å². The lowest BCUT2D eigenvalue weighted by Crippen LogP contribution is -2.26. The number of thioether (sulfide) groups is 1. The first-order valence-electron chi connectivity index (χ1n) is 5.31. The molecule has 0 spiro atoms. The largest absolute Gasteiger partial charge is 0.399 e. The van der Waals surface area contributed by atoms with Gasteiger partial charge in [-0.3, -0.25) is 0 Å². The summed E-state index contributed by atoms with van der Waals surface area (Å²) >= 11 is 13.3. The van der Waals surface area contributed by atoms with Gasteiger partial charge in [-0.2, -0.15) is 11.8 Å². The van der Waals surface area contributed by atoms with Crippen molar-refractivity contribution in [1.29, 1.82) is 0 Å². The maximum Gasteiger partial charge on any atom is 0.243 e. The van der Waals surface area contributed by atoms with Crippen LogP contribution in [0.2, 0.25) is 10.0 Å². The van der Waals surface area contributed by atoms with Crippen molar-refractivity contribution >= 4 is 50.7 Å². The van der Waals surface area contributed by atoms with Crippen molar-refractivity contribution < 1.29 is 8.42 Å². The van der Waals surface area contributed by atoms with Gasteiger partial charge in [-0.1, -0.05) is 29.3 Å². The van der Waals surface area contributed by atoms with Gasteiger partial charge in [-0.15, -0.1) is 6.58 Å². The molecule has 3 N–H and O–H groups in total. The average Bonchev–Trinajstić information content (AvgIpc) is 2.26. The fourth-order valence-electron chi connectivity index (χ4n) is 1.32. The highest BCUT2D eigenvalue weighted by molar-refractivity contribution is 7.99. The Labute approximate surface area is 127 Å². The fourth-order valence-corrected chi connectivity index (χ4v) is 4.29. The maximum absolute atomic E-state index is 12.1. The van der Waals surface area contributed by atoms with E-state index in [9.17, 15) is 8.42 Å². The third kappa shape index (κ3) is 4.89. The summed E-state index contributed by atoms with van der Waals surface area (Å²) in [5.41, 5.74) is 5.85. The molecular weight excluding hydrogens is 327 g/mol. The van der Waals surface area contributed by atoms with Crippen LogP contribution in [-0.4, -0.2) is 26.5 Å². The molecular formula is C11H14Cl2N2O2S2. The molecule has 0 radical (unpaired) electrons. The maximum atomic E-state index is 12.1. The Morgan fingerprint density at radius 1 is 1.37 bits per heavy atom. The molecule has 19 heavy (non-hydrogen) atoms. The molecule has 0 heterocycles. The Morgan fingerprint density at radius 3 is 2.47 bits per heavy atom. The van der Waals surface area contributed by atoms with Crippen LogP contribution in [-0.2, 0) is 10.0 Å². The minimum atomic E-state index is -3.73. The number of nitrogens with two attached hydrogens (primary N) is 1. The van der Waals surface area contributed by atoms with E-state index in [1.54, 1.807) is 17.8 Å². The summed E-state index contributed by atoms with van der Waals surface area (Å²) in [6.45, 7) is 3.87. The summed E-state index contributed by atoms with van der Waals surface area (Å²) in [6, 6.07) is 2.71.